The van der Waals surface area contributed by atoms with Crippen molar-refractivity contribution in [1.29, 1.82) is 0 Å². The van der Waals surface area contributed by atoms with E-state index in [9.17, 15) is 9.59 Å². The van der Waals surface area contributed by atoms with Gasteiger partial charge in [-0.2, -0.15) is 0 Å². The fourth-order valence-electron chi connectivity index (χ4n) is 2.64. The number of nitrogens with zero attached hydrogens (tertiary/aromatic N) is 1. The second-order valence-corrected chi connectivity index (χ2v) is 7.44. The molecule has 0 spiro atoms. The number of fused-ring (bicyclic) bond motifs is 2. The molecule has 0 aliphatic carbocycles. The molecule has 0 fully saturated rings. The van der Waals surface area contributed by atoms with Crippen LogP contribution in [0.25, 0.3) is 27.3 Å². The SMILES string of the molecule is Cc1ccc2occ(/C=C/C(=O)Nc3nc4ccc(Cl)cc4s3)c(=O)c2c1. The van der Waals surface area contributed by atoms with E-state index in [4.69, 9.17) is 16.0 Å². The fourth-order valence-corrected chi connectivity index (χ4v) is 3.78. The number of benzene rings is 2. The predicted molar refractivity (Wildman–Crippen MR) is 110 cm³/mol. The van der Waals surface area contributed by atoms with Gasteiger partial charge in [-0.25, -0.2) is 4.98 Å². The van der Waals surface area contributed by atoms with Crippen molar-refractivity contribution in [2.24, 2.45) is 0 Å². The Morgan fingerprint density at radius 1 is 1.26 bits per heavy atom. The third-order valence-corrected chi connectivity index (χ3v) is 5.12. The molecule has 4 aromatic rings. The molecule has 0 saturated heterocycles. The molecule has 0 unspecified atom stereocenters. The van der Waals surface area contributed by atoms with Gasteiger partial charge in [-0.05, 0) is 43.3 Å². The van der Waals surface area contributed by atoms with Gasteiger partial charge >= 0.3 is 0 Å². The highest BCUT2D eigenvalue weighted by Gasteiger charge is 2.08. The van der Waals surface area contributed by atoms with Gasteiger partial charge in [-0.3, -0.25) is 14.9 Å². The van der Waals surface area contributed by atoms with Crippen LogP contribution >= 0.6 is 22.9 Å². The van der Waals surface area contributed by atoms with Crippen molar-refractivity contribution in [3.05, 3.63) is 75.1 Å². The molecule has 0 aliphatic heterocycles. The number of carbonyl (C=O) groups is 1. The molecule has 7 heteroatoms. The van der Waals surface area contributed by atoms with Gasteiger partial charge in [0.25, 0.3) is 0 Å². The highest BCUT2D eigenvalue weighted by Crippen LogP contribution is 2.28. The van der Waals surface area contributed by atoms with Gasteiger partial charge in [-0.15, -0.1) is 0 Å². The topological polar surface area (TPSA) is 72.2 Å². The Balaban J connectivity index is 1.56. The number of hydrogen-bond donors (Lipinski definition) is 1. The third kappa shape index (κ3) is 3.63. The lowest BCUT2D eigenvalue weighted by atomic mass is 10.1. The van der Waals surface area contributed by atoms with E-state index in [-0.39, 0.29) is 11.3 Å². The Morgan fingerprint density at radius 3 is 2.96 bits per heavy atom. The largest absolute Gasteiger partial charge is 0.463 e. The Bertz CT molecular complexity index is 1270. The molecule has 0 saturated carbocycles. The first-order valence-electron chi connectivity index (χ1n) is 8.07. The molecule has 0 aliphatic rings. The van der Waals surface area contributed by atoms with Crippen LogP contribution in [0.2, 0.25) is 5.02 Å². The summed E-state index contributed by atoms with van der Waals surface area (Å²) in [6, 6.07) is 10.7. The Morgan fingerprint density at radius 2 is 2.11 bits per heavy atom. The number of thiazole rings is 1. The Labute approximate surface area is 162 Å². The average molecular weight is 397 g/mol. The van der Waals surface area contributed by atoms with Crippen LogP contribution < -0.4 is 10.7 Å². The van der Waals surface area contributed by atoms with Crippen LogP contribution in [0.4, 0.5) is 5.13 Å². The maximum Gasteiger partial charge on any atom is 0.250 e. The lowest BCUT2D eigenvalue weighted by molar-refractivity contribution is -0.111. The molecule has 0 atom stereocenters. The molecule has 134 valence electrons. The van der Waals surface area contributed by atoms with Gasteiger partial charge in [-0.1, -0.05) is 34.6 Å². The first-order valence-corrected chi connectivity index (χ1v) is 9.26. The van der Waals surface area contributed by atoms with Crippen LogP contribution in [0.15, 0.2) is 57.9 Å². The van der Waals surface area contributed by atoms with Gasteiger partial charge < -0.3 is 4.42 Å². The molecule has 4 rings (SSSR count). The monoisotopic (exact) mass is 396 g/mol. The minimum atomic E-state index is -0.385. The smallest absolute Gasteiger partial charge is 0.250 e. The summed E-state index contributed by atoms with van der Waals surface area (Å²) in [6.45, 7) is 1.90. The van der Waals surface area contributed by atoms with Crippen LogP contribution in [0.5, 0.6) is 0 Å². The van der Waals surface area contributed by atoms with Crippen molar-refractivity contribution in [2.75, 3.05) is 5.32 Å². The lowest BCUT2D eigenvalue weighted by Gasteiger charge is -2.00. The minimum absolute atomic E-state index is 0.182. The van der Waals surface area contributed by atoms with E-state index in [0.717, 1.165) is 15.8 Å². The van der Waals surface area contributed by atoms with Gasteiger partial charge in [0.15, 0.2) is 10.6 Å². The summed E-state index contributed by atoms with van der Waals surface area (Å²) in [4.78, 5) is 29.0. The minimum Gasteiger partial charge on any atom is -0.463 e. The highest BCUT2D eigenvalue weighted by molar-refractivity contribution is 7.22. The lowest BCUT2D eigenvalue weighted by Crippen LogP contribution is -2.09. The van der Waals surface area contributed by atoms with Crippen molar-refractivity contribution in [2.45, 2.75) is 6.92 Å². The van der Waals surface area contributed by atoms with E-state index in [1.807, 2.05) is 13.0 Å². The van der Waals surface area contributed by atoms with Crippen LogP contribution in [0, 0.1) is 6.92 Å². The molecular formula is C20H13ClN2O3S. The summed E-state index contributed by atoms with van der Waals surface area (Å²) < 4.78 is 6.36. The molecule has 2 aromatic carbocycles. The maximum atomic E-state index is 12.5. The number of nitrogens with one attached hydrogen (secondary N) is 1. The zero-order chi connectivity index (χ0) is 19.0. The van der Waals surface area contributed by atoms with Crippen molar-refractivity contribution in [3.63, 3.8) is 0 Å². The van der Waals surface area contributed by atoms with Crippen molar-refractivity contribution < 1.29 is 9.21 Å². The Kier molecular flexibility index (Phi) is 4.51. The van der Waals surface area contributed by atoms with Crippen molar-refractivity contribution in [1.82, 2.24) is 4.98 Å². The Hall–Kier alpha value is -2.96. The zero-order valence-corrected chi connectivity index (χ0v) is 15.7. The zero-order valence-electron chi connectivity index (χ0n) is 14.2. The number of rotatable bonds is 3. The molecule has 1 N–H and O–H groups in total. The number of aryl methyl sites for hydroxylation is 1. The molecule has 5 nitrogen and oxygen atoms in total. The van der Waals surface area contributed by atoms with Crippen LogP contribution in [0.1, 0.15) is 11.1 Å². The number of halogens is 1. The van der Waals surface area contributed by atoms with Gasteiger partial charge in [0, 0.05) is 11.1 Å². The third-order valence-electron chi connectivity index (χ3n) is 3.95. The number of amides is 1. The highest BCUT2D eigenvalue weighted by atomic mass is 35.5. The molecular weight excluding hydrogens is 384 g/mol. The van der Waals surface area contributed by atoms with E-state index in [2.05, 4.69) is 10.3 Å². The second-order valence-electron chi connectivity index (χ2n) is 5.97. The summed E-state index contributed by atoms with van der Waals surface area (Å²) in [5.74, 6) is -0.385. The van der Waals surface area contributed by atoms with E-state index in [1.54, 1.807) is 30.3 Å². The quantitative estimate of drug-likeness (QED) is 0.494. The van der Waals surface area contributed by atoms with E-state index in [0.29, 0.717) is 26.7 Å². The van der Waals surface area contributed by atoms with Crippen molar-refractivity contribution >= 4 is 61.2 Å². The predicted octanol–water partition coefficient (Wildman–Crippen LogP) is 5.02. The normalized spacial score (nSPS) is 11.5. The fraction of sp³-hybridized carbons (Fsp3) is 0.0500. The summed E-state index contributed by atoms with van der Waals surface area (Å²) in [6.07, 6.45) is 4.07. The standard InChI is InChI=1S/C20H13ClN2O3S/c1-11-2-6-16-14(8-11)19(25)12(10-26-16)3-7-18(24)23-20-22-15-5-4-13(21)9-17(15)27-20/h2-10H,1H3,(H,22,23,24)/b7-3+. The van der Waals surface area contributed by atoms with Gasteiger partial charge in [0.1, 0.15) is 11.8 Å². The molecule has 2 heterocycles. The maximum absolute atomic E-state index is 12.5. The first-order chi connectivity index (χ1) is 13.0. The second kappa shape index (κ2) is 6.98. The summed E-state index contributed by atoms with van der Waals surface area (Å²) in [5.41, 5.74) is 2.36. The summed E-state index contributed by atoms with van der Waals surface area (Å²) in [7, 11) is 0. The summed E-state index contributed by atoms with van der Waals surface area (Å²) >= 11 is 7.29. The van der Waals surface area contributed by atoms with Crippen LogP contribution in [0.3, 0.4) is 0 Å². The van der Waals surface area contributed by atoms with Gasteiger partial charge in [0.2, 0.25) is 5.91 Å². The van der Waals surface area contributed by atoms with Crippen LogP contribution in [-0.2, 0) is 4.79 Å². The number of aromatic nitrogens is 1. The van der Waals surface area contributed by atoms with E-state index < -0.39 is 0 Å². The van der Waals surface area contributed by atoms with Crippen LogP contribution in [-0.4, -0.2) is 10.9 Å². The number of anilines is 1. The molecule has 27 heavy (non-hydrogen) atoms. The van der Waals surface area contributed by atoms with Crippen molar-refractivity contribution in [3.8, 4) is 0 Å². The van der Waals surface area contributed by atoms with E-state index >= 15 is 0 Å². The summed E-state index contributed by atoms with van der Waals surface area (Å²) in [5, 5.41) is 4.25. The van der Waals surface area contributed by atoms with Gasteiger partial charge in [0.05, 0.1) is 21.2 Å². The average Bonchev–Trinajstić information content (AvgIpc) is 3.02. The molecule has 0 radical (unpaired) electrons. The number of carbonyl (C=O) groups excluding carboxylic acids is 1. The molecule has 0 bridgehead atoms. The molecule has 2 aromatic heterocycles. The molecule has 1 amide bonds. The first kappa shape index (κ1) is 17.5. The van der Waals surface area contributed by atoms with E-state index in [1.165, 1.54) is 29.8 Å². The number of hydrogen-bond acceptors (Lipinski definition) is 5.